The molecule has 3 amide bonds. The summed E-state index contributed by atoms with van der Waals surface area (Å²) in [7, 11) is 0. The van der Waals surface area contributed by atoms with E-state index in [0.29, 0.717) is 28.3 Å². The zero-order chi connectivity index (χ0) is 23.0. The molecular weight excluding hydrogens is 418 g/mol. The number of furan rings is 1. The number of hydrogen-bond acceptors (Lipinski definition) is 4. The lowest BCUT2D eigenvalue weighted by atomic mass is 9.98. The smallest absolute Gasteiger partial charge is 0.319 e. The Hall–Kier alpha value is -4.65. The van der Waals surface area contributed by atoms with Crippen molar-refractivity contribution in [3.8, 4) is 0 Å². The lowest BCUT2D eigenvalue weighted by molar-refractivity contribution is 0.0996. The van der Waals surface area contributed by atoms with Gasteiger partial charge in [-0.1, -0.05) is 48.5 Å². The first kappa shape index (κ1) is 21.6. The summed E-state index contributed by atoms with van der Waals surface area (Å²) in [6.45, 7) is 0.272. The van der Waals surface area contributed by atoms with Crippen molar-refractivity contribution < 1.29 is 18.8 Å². The molecule has 0 aliphatic heterocycles. The molecule has 0 saturated heterocycles. The third-order valence-corrected chi connectivity index (χ3v) is 4.86. The van der Waals surface area contributed by atoms with E-state index >= 15 is 0 Å². The first-order valence-corrected chi connectivity index (χ1v) is 10.3. The Balaban J connectivity index is 1.39. The van der Waals surface area contributed by atoms with Crippen LogP contribution in [-0.2, 0) is 6.54 Å². The van der Waals surface area contributed by atoms with E-state index in [1.54, 1.807) is 84.9 Å². The summed E-state index contributed by atoms with van der Waals surface area (Å²) in [5.74, 6) is 0.0301. The van der Waals surface area contributed by atoms with Crippen molar-refractivity contribution in [2.24, 2.45) is 0 Å². The second-order valence-electron chi connectivity index (χ2n) is 7.16. The van der Waals surface area contributed by atoms with Gasteiger partial charge in [-0.2, -0.15) is 0 Å². The molecule has 0 spiro atoms. The number of carbonyl (C=O) groups excluding carboxylic acids is 3. The van der Waals surface area contributed by atoms with Crippen LogP contribution in [0.15, 0.2) is 102 Å². The predicted molar refractivity (Wildman–Crippen MR) is 125 cm³/mol. The highest BCUT2D eigenvalue weighted by Crippen LogP contribution is 2.18. The van der Waals surface area contributed by atoms with Gasteiger partial charge in [0.05, 0.1) is 18.4 Å². The molecule has 0 saturated carbocycles. The molecular formula is C26H21N3O4. The van der Waals surface area contributed by atoms with Crippen LogP contribution in [0.5, 0.6) is 0 Å². The number of anilines is 2. The monoisotopic (exact) mass is 439 g/mol. The van der Waals surface area contributed by atoms with Gasteiger partial charge in [0, 0.05) is 22.5 Å². The maximum Gasteiger partial charge on any atom is 0.319 e. The van der Waals surface area contributed by atoms with Crippen LogP contribution in [0.1, 0.15) is 32.0 Å². The lowest BCUT2D eigenvalue weighted by Crippen LogP contribution is -2.27. The van der Waals surface area contributed by atoms with Crippen molar-refractivity contribution in [1.82, 2.24) is 5.32 Å². The van der Waals surface area contributed by atoms with Crippen LogP contribution in [0.4, 0.5) is 16.2 Å². The molecule has 33 heavy (non-hydrogen) atoms. The van der Waals surface area contributed by atoms with Crippen molar-refractivity contribution >= 4 is 29.1 Å². The summed E-state index contributed by atoms with van der Waals surface area (Å²) in [5.41, 5.74) is 2.21. The van der Waals surface area contributed by atoms with E-state index in [-0.39, 0.29) is 23.9 Å². The second kappa shape index (κ2) is 10.1. The molecule has 4 rings (SSSR count). The Bertz CT molecular complexity index is 1250. The summed E-state index contributed by atoms with van der Waals surface area (Å²) in [6, 6.07) is 25.3. The Kier molecular flexibility index (Phi) is 6.61. The summed E-state index contributed by atoms with van der Waals surface area (Å²) in [6.07, 6.45) is 1.54. The first-order valence-electron chi connectivity index (χ1n) is 10.3. The van der Waals surface area contributed by atoms with Gasteiger partial charge in [-0.25, -0.2) is 4.79 Å². The Morgan fingerprint density at radius 3 is 1.97 bits per heavy atom. The van der Waals surface area contributed by atoms with Crippen LogP contribution in [-0.4, -0.2) is 17.7 Å². The van der Waals surface area contributed by atoms with E-state index in [1.807, 2.05) is 6.07 Å². The van der Waals surface area contributed by atoms with Gasteiger partial charge < -0.3 is 20.4 Å². The molecule has 1 heterocycles. The standard InChI is InChI=1S/C26H21N3O4/c30-24(18-7-2-1-3-8-18)22-10-4-5-11-23(22)25(31)28-19-12-14-20(15-13-19)29-26(32)27-17-21-9-6-16-33-21/h1-16H,17H2,(H,28,31)(H2,27,29,32). The fourth-order valence-corrected chi connectivity index (χ4v) is 3.22. The molecule has 4 aromatic rings. The minimum absolute atomic E-state index is 0.221. The number of urea groups is 1. The molecule has 0 aliphatic rings. The van der Waals surface area contributed by atoms with Gasteiger partial charge in [-0.3, -0.25) is 9.59 Å². The normalized spacial score (nSPS) is 10.3. The number of amides is 3. The number of carbonyl (C=O) groups is 3. The summed E-state index contributed by atoms with van der Waals surface area (Å²) in [5, 5.41) is 8.19. The van der Waals surface area contributed by atoms with Gasteiger partial charge in [-0.05, 0) is 42.5 Å². The van der Waals surface area contributed by atoms with Gasteiger partial charge in [0.1, 0.15) is 5.76 Å². The van der Waals surface area contributed by atoms with Crippen molar-refractivity contribution in [3.05, 3.63) is 120 Å². The molecule has 1 aromatic heterocycles. The van der Waals surface area contributed by atoms with E-state index < -0.39 is 5.91 Å². The predicted octanol–water partition coefficient (Wildman–Crippen LogP) is 5.08. The number of benzene rings is 3. The van der Waals surface area contributed by atoms with E-state index in [4.69, 9.17) is 4.42 Å². The highest BCUT2D eigenvalue weighted by molar-refractivity contribution is 6.17. The summed E-state index contributed by atoms with van der Waals surface area (Å²) in [4.78, 5) is 37.8. The average molecular weight is 439 g/mol. The molecule has 0 radical (unpaired) electrons. The van der Waals surface area contributed by atoms with Crippen molar-refractivity contribution in [2.75, 3.05) is 10.6 Å². The molecule has 0 fully saturated rings. The van der Waals surface area contributed by atoms with E-state index in [9.17, 15) is 14.4 Å². The fraction of sp³-hybridized carbons (Fsp3) is 0.0385. The highest BCUT2D eigenvalue weighted by Gasteiger charge is 2.18. The second-order valence-corrected chi connectivity index (χ2v) is 7.16. The van der Waals surface area contributed by atoms with Crippen molar-refractivity contribution in [2.45, 2.75) is 6.54 Å². The van der Waals surface area contributed by atoms with Crippen molar-refractivity contribution in [3.63, 3.8) is 0 Å². The van der Waals surface area contributed by atoms with E-state index in [2.05, 4.69) is 16.0 Å². The van der Waals surface area contributed by atoms with Crippen molar-refractivity contribution in [1.29, 1.82) is 0 Å². The maximum absolute atomic E-state index is 12.9. The summed E-state index contributed by atoms with van der Waals surface area (Å²) < 4.78 is 5.17. The molecule has 3 N–H and O–H groups in total. The topological polar surface area (TPSA) is 100 Å². The molecule has 3 aromatic carbocycles. The largest absolute Gasteiger partial charge is 0.467 e. The number of ketones is 1. The molecule has 7 nitrogen and oxygen atoms in total. The van der Waals surface area contributed by atoms with Gasteiger partial charge in [0.15, 0.2) is 5.78 Å². The Labute approximate surface area is 190 Å². The first-order chi connectivity index (χ1) is 16.1. The van der Waals surface area contributed by atoms with Crippen LogP contribution in [0.25, 0.3) is 0 Å². The fourth-order valence-electron chi connectivity index (χ4n) is 3.22. The highest BCUT2D eigenvalue weighted by atomic mass is 16.3. The van der Waals surface area contributed by atoms with Gasteiger partial charge in [0.25, 0.3) is 5.91 Å². The number of rotatable bonds is 7. The SMILES string of the molecule is O=C(NCc1ccco1)Nc1ccc(NC(=O)c2ccccc2C(=O)c2ccccc2)cc1. The maximum atomic E-state index is 12.9. The minimum atomic E-state index is -0.396. The third kappa shape index (κ3) is 5.54. The molecule has 0 unspecified atom stereocenters. The van der Waals surface area contributed by atoms with E-state index in [0.717, 1.165) is 0 Å². The number of nitrogens with one attached hydrogen (secondary N) is 3. The van der Waals surface area contributed by atoms with Crippen LogP contribution < -0.4 is 16.0 Å². The molecule has 164 valence electrons. The third-order valence-electron chi connectivity index (χ3n) is 4.86. The molecule has 7 heteroatoms. The zero-order valence-corrected chi connectivity index (χ0v) is 17.6. The number of hydrogen-bond donors (Lipinski definition) is 3. The lowest BCUT2D eigenvalue weighted by Gasteiger charge is -2.11. The summed E-state index contributed by atoms with van der Waals surface area (Å²) >= 11 is 0. The van der Waals surface area contributed by atoms with Gasteiger partial charge >= 0.3 is 6.03 Å². The minimum Gasteiger partial charge on any atom is -0.467 e. The Morgan fingerprint density at radius 2 is 1.30 bits per heavy atom. The molecule has 0 bridgehead atoms. The van der Waals surface area contributed by atoms with Gasteiger partial charge in [-0.15, -0.1) is 0 Å². The average Bonchev–Trinajstić information content (AvgIpc) is 3.38. The Morgan fingerprint density at radius 1 is 0.667 bits per heavy atom. The zero-order valence-electron chi connectivity index (χ0n) is 17.6. The van der Waals surface area contributed by atoms with Gasteiger partial charge in [0.2, 0.25) is 0 Å². The van der Waals surface area contributed by atoms with Crippen LogP contribution in [0.3, 0.4) is 0 Å². The van der Waals surface area contributed by atoms with Crippen LogP contribution in [0, 0.1) is 0 Å². The van der Waals surface area contributed by atoms with Crippen LogP contribution >= 0.6 is 0 Å². The molecule has 0 aliphatic carbocycles. The quantitative estimate of drug-likeness (QED) is 0.349. The van der Waals surface area contributed by atoms with Crippen LogP contribution in [0.2, 0.25) is 0 Å². The van der Waals surface area contributed by atoms with E-state index in [1.165, 1.54) is 6.26 Å². The molecule has 0 atom stereocenters.